The number of rotatable bonds is 9. The standard InChI is InChI=1S/C15H28N4O3/c1-2-18(14(21)10-17)13(7-3-4-8-16)15(22)19-9-5-6-12(19)11-20/h11-13H,2-10,16-17H2,1H3/t12-,13-/m0/s1. The number of likely N-dealkylation sites (tertiary alicyclic amines) is 1. The summed E-state index contributed by atoms with van der Waals surface area (Å²) in [5.41, 5.74) is 11.0. The van der Waals surface area contributed by atoms with Crippen molar-refractivity contribution in [2.24, 2.45) is 11.5 Å². The molecule has 4 N–H and O–H groups in total. The van der Waals surface area contributed by atoms with Crippen molar-refractivity contribution >= 4 is 18.1 Å². The molecule has 1 aliphatic heterocycles. The summed E-state index contributed by atoms with van der Waals surface area (Å²) in [7, 11) is 0. The molecule has 7 heteroatoms. The minimum atomic E-state index is -0.548. The summed E-state index contributed by atoms with van der Waals surface area (Å²) in [4.78, 5) is 39.1. The van der Waals surface area contributed by atoms with E-state index in [0.29, 0.717) is 32.5 Å². The molecular weight excluding hydrogens is 284 g/mol. The highest BCUT2D eigenvalue weighted by atomic mass is 16.2. The Balaban J connectivity index is 2.89. The molecule has 0 bridgehead atoms. The third-order valence-corrected chi connectivity index (χ3v) is 4.17. The Hall–Kier alpha value is -1.47. The number of carbonyl (C=O) groups excluding carboxylic acids is 3. The zero-order valence-corrected chi connectivity index (χ0v) is 13.4. The van der Waals surface area contributed by atoms with Crippen molar-refractivity contribution in [2.75, 3.05) is 26.2 Å². The van der Waals surface area contributed by atoms with Crippen molar-refractivity contribution in [1.29, 1.82) is 0 Å². The van der Waals surface area contributed by atoms with Gasteiger partial charge in [0.2, 0.25) is 11.8 Å². The van der Waals surface area contributed by atoms with Gasteiger partial charge in [-0.1, -0.05) is 0 Å². The van der Waals surface area contributed by atoms with Gasteiger partial charge >= 0.3 is 0 Å². The normalized spacial score (nSPS) is 19.0. The van der Waals surface area contributed by atoms with Gasteiger partial charge in [0, 0.05) is 13.1 Å². The van der Waals surface area contributed by atoms with E-state index in [1.54, 1.807) is 4.90 Å². The number of unbranched alkanes of at least 4 members (excludes halogenated alkanes) is 1. The maximum Gasteiger partial charge on any atom is 0.245 e. The highest BCUT2D eigenvalue weighted by Crippen LogP contribution is 2.20. The van der Waals surface area contributed by atoms with E-state index in [2.05, 4.69) is 0 Å². The summed E-state index contributed by atoms with van der Waals surface area (Å²) in [5.74, 6) is -0.384. The van der Waals surface area contributed by atoms with E-state index in [4.69, 9.17) is 11.5 Å². The molecule has 1 saturated heterocycles. The Labute approximate surface area is 132 Å². The molecule has 0 radical (unpaired) electrons. The second-order valence-electron chi connectivity index (χ2n) is 5.56. The van der Waals surface area contributed by atoms with Crippen LogP contribution in [-0.2, 0) is 14.4 Å². The summed E-state index contributed by atoms with van der Waals surface area (Å²) in [6.07, 6.45) is 4.46. The summed E-state index contributed by atoms with van der Waals surface area (Å²) in [6.45, 7) is 3.26. The number of aldehydes is 1. The van der Waals surface area contributed by atoms with E-state index in [-0.39, 0.29) is 24.4 Å². The van der Waals surface area contributed by atoms with Crippen LogP contribution in [0.1, 0.15) is 39.0 Å². The highest BCUT2D eigenvalue weighted by molar-refractivity contribution is 5.90. The smallest absolute Gasteiger partial charge is 0.245 e. The molecule has 2 atom stereocenters. The summed E-state index contributed by atoms with van der Waals surface area (Å²) in [5, 5.41) is 0. The lowest BCUT2D eigenvalue weighted by atomic mass is 10.1. The Bertz CT molecular complexity index is 389. The number of amides is 2. The third-order valence-electron chi connectivity index (χ3n) is 4.17. The lowest BCUT2D eigenvalue weighted by Crippen LogP contribution is -2.53. The van der Waals surface area contributed by atoms with Crippen LogP contribution in [0.5, 0.6) is 0 Å². The van der Waals surface area contributed by atoms with Gasteiger partial charge in [0.15, 0.2) is 0 Å². The van der Waals surface area contributed by atoms with E-state index in [1.165, 1.54) is 4.90 Å². The molecule has 1 heterocycles. The van der Waals surface area contributed by atoms with Gasteiger partial charge in [-0.2, -0.15) is 0 Å². The number of carbonyl (C=O) groups is 3. The van der Waals surface area contributed by atoms with Crippen molar-refractivity contribution in [3.05, 3.63) is 0 Å². The average Bonchev–Trinajstić information content (AvgIpc) is 3.01. The maximum atomic E-state index is 12.8. The minimum absolute atomic E-state index is 0.119. The topological polar surface area (TPSA) is 110 Å². The van der Waals surface area contributed by atoms with Gasteiger partial charge in [0.05, 0.1) is 12.6 Å². The second kappa shape index (κ2) is 9.53. The quantitative estimate of drug-likeness (QED) is 0.440. The number of likely N-dealkylation sites (N-methyl/N-ethyl adjacent to an activating group) is 1. The zero-order chi connectivity index (χ0) is 16.5. The van der Waals surface area contributed by atoms with Crippen molar-refractivity contribution in [1.82, 2.24) is 9.80 Å². The first-order chi connectivity index (χ1) is 10.6. The fourth-order valence-corrected chi connectivity index (χ4v) is 2.98. The second-order valence-corrected chi connectivity index (χ2v) is 5.56. The van der Waals surface area contributed by atoms with Gasteiger partial charge in [-0.05, 0) is 45.6 Å². The molecule has 1 rings (SSSR count). The lowest BCUT2D eigenvalue weighted by molar-refractivity contribution is -0.146. The van der Waals surface area contributed by atoms with Crippen LogP contribution >= 0.6 is 0 Å². The molecule has 0 aromatic heterocycles. The molecule has 0 aromatic rings. The number of nitrogens with two attached hydrogens (primary N) is 2. The molecule has 0 aliphatic carbocycles. The number of nitrogens with zero attached hydrogens (tertiary/aromatic N) is 2. The van der Waals surface area contributed by atoms with Gasteiger partial charge in [0.25, 0.3) is 0 Å². The molecule has 0 saturated carbocycles. The summed E-state index contributed by atoms with van der Waals surface area (Å²) >= 11 is 0. The van der Waals surface area contributed by atoms with E-state index in [9.17, 15) is 14.4 Å². The van der Waals surface area contributed by atoms with E-state index < -0.39 is 6.04 Å². The first-order valence-electron chi connectivity index (χ1n) is 8.06. The minimum Gasteiger partial charge on any atom is -0.331 e. The van der Waals surface area contributed by atoms with Gasteiger partial charge in [-0.15, -0.1) is 0 Å². The van der Waals surface area contributed by atoms with Gasteiger partial charge < -0.3 is 26.1 Å². The monoisotopic (exact) mass is 312 g/mol. The van der Waals surface area contributed by atoms with Crippen LogP contribution in [0.15, 0.2) is 0 Å². The summed E-state index contributed by atoms with van der Waals surface area (Å²) in [6, 6.07) is -0.913. The van der Waals surface area contributed by atoms with Gasteiger partial charge in [-0.25, -0.2) is 0 Å². The molecule has 1 aliphatic rings. The Kier molecular flexibility index (Phi) is 8.05. The van der Waals surface area contributed by atoms with Crippen molar-refractivity contribution in [3.63, 3.8) is 0 Å². The fourth-order valence-electron chi connectivity index (χ4n) is 2.98. The predicted octanol–water partition coefficient (Wildman–Crippen LogP) is -0.519. The average molecular weight is 312 g/mol. The van der Waals surface area contributed by atoms with Crippen LogP contribution in [0.4, 0.5) is 0 Å². The first-order valence-corrected chi connectivity index (χ1v) is 8.06. The van der Waals surface area contributed by atoms with E-state index in [1.807, 2.05) is 6.92 Å². The molecule has 0 unspecified atom stereocenters. The third kappa shape index (κ3) is 4.51. The molecule has 22 heavy (non-hydrogen) atoms. The SMILES string of the molecule is CCN(C(=O)CN)[C@@H](CCCCN)C(=O)N1CCC[C@H]1C=O. The molecule has 126 valence electrons. The highest BCUT2D eigenvalue weighted by Gasteiger charge is 2.36. The zero-order valence-electron chi connectivity index (χ0n) is 13.4. The molecular formula is C15H28N4O3. The van der Waals surface area contributed by atoms with Crippen molar-refractivity contribution in [2.45, 2.75) is 51.1 Å². The van der Waals surface area contributed by atoms with Gasteiger partial charge in [-0.3, -0.25) is 9.59 Å². The lowest BCUT2D eigenvalue weighted by Gasteiger charge is -2.34. The fraction of sp³-hybridized carbons (Fsp3) is 0.800. The van der Waals surface area contributed by atoms with Crippen LogP contribution in [0.25, 0.3) is 0 Å². The largest absolute Gasteiger partial charge is 0.331 e. The van der Waals surface area contributed by atoms with Crippen LogP contribution in [-0.4, -0.2) is 66.2 Å². The number of hydrogen-bond acceptors (Lipinski definition) is 5. The number of hydrogen-bond donors (Lipinski definition) is 2. The van der Waals surface area contributed by atoms with Crippen LogP contribution in [0.2, 0.25) is 0 Å². The Morgan fingerprint density at radius 2 is 2.09 bits per heavy atom. The molecule has 7 nitrogen and oxygen atoms in total. The Morgan fingerprint density at radius 3 is 2.64 bits per heavy atom. The van der Waals surface area contributed by atoms with E-state index >= 15 is 0 Å². The molecule has 0 spiro atoms. The van der Waals surface area contributed by atoms with Crippen molar-refractivity contribution < 1.29 is 14.4 Å². The van der Waals surface area contributed by atoms with Crippen molar-refractivity contribution in [3.8, 4) is 0 Å². The first kappa shape index (κ1) is 18.6. The predicted molar refractivity (Wildman–Crippen MR) is 83.9 cm³/mol. The molecule has 1 fully saturated rings. The van der Waals surface area contributed by atoms with Gasteiger partial charge in [0.1, 0.15) is 12.3 Å². The van der Waals surface area contributed by atoms with Crippen LogP contribution < -0.4 is 11.5 Å². The van der Waals surface area contributed by atoms with Crippen LogP contribution in [0, 0.1) is 0 Å². The summed E-state index contributed by atoms with van der Waals surface area (Å²) < 4.78 is 0. The maximum absolute atomic E-state index is 12.8. The van der Waals surface area contributed by atoms with Crippen LogP contribution in [0.3, 0.4) is 0 Å². The molecule has 0 aromatic carbocycles. The van der Waals surface area contributed by atoms with E-state index in [0.717, 1.165) is 25.5 Å². The molecule has 2 amide bonds. The Morgan fingerprint density at radius 1 is 1.36 bits per heavy atom.